The molecule has 6 heteroatoms. The van der Waals surface area contributed by atoms with Gasteiger partial charge in [0.2, 0.25) is 10.0 Å². The lowest BCUT2D eigenvalue weighted by Gasteiger charge is -2.45. The van der Waals surface area contributed by atoms with Crippen molar-refractivity contribution in [3.05, 3.63) is 29.8 Å². The molecule has 1 saturated carbocycles. The molecule has 3 rings (SSSR count). The quantitative estimate of drug-likeness (QED) is 0.769. The molecule has 1 aromatic rings. The van der Waals surface area contributed by atoms with E-state index in [1.54, 1.807) is 16.4 Å². The molecule has 2 fully saturated rings. The van der Waals surface area contributed by atoms with Gasteiger partial charge in [-0.2, -0.15) is 4.31 Å². The van der Waals surface area contributed by atoms with Crippen molar-refractivity contribution in [2.75, 3.05) is 13.7 Å². The molecule has 0 bridgehead atoms. The molecule has 1 aliphatic carbocycles. The monoisotopic (exact) mass is 365 g/mol. The summed E-state index contributed by atoms with van der Waals surface area (Å²) in [7, 11) is -2.25. The van der Waals surface area contributed by atoms with Gasteiger partial charge < -0.3 is 4.74 Å². The van der Waals surface area contributed by atoms with Crippen LogP contribution in [0.5, 0.6) is 0 Å². The second-order valence-electron chi connectivity index (χ2n) is 7.36. The van der Waals surface area contributed by atoms with E-state index in [0.717, 1.165) is 24.8 Å². The van der Waals surface area contributed by atoms with Crippen LogP contribution >= 0.6 is 0 Å². The van der Waals surface area contributed by atoms with E-state index < -0.39 is 10.0 Å². The fourth-order valence-electron chi connectivity index (χ4n) is 4.28. The van der Waals surface area contributed by atoms with Gasteiger partial charge in [-0.25, -0.2) is 8.42 Å². The van der Waals surface area contributed by atoms with Gasteiger partial charge in [0.15, 0.2) is 0 Å². The molecule has 25 heavy (non-hydrogen) atoms. The molecule has 1 aromatic carbocycles. The number of carbonyl (C=O) groups excluding carboxylic acids is 1. The maximum Gasteiger partial charge on any atom is 0.307 e. The number of sulfonamides is 1. The first-order valence-corrected chi connectivity index (χ1v) is 10.5. The Morgan fingerprint density at radius 1 is 1.16 bits per heavy atom. The van der Waals surface area contributed by atoms with E-state index in [2.05, 4.69) is 0 Å². The van der Waals surface area contributed by atoms with Crippen LogP contribution in [-0.4, -0.2) is 38.4 Å². The molecule has 1 saturated heterocycles. The van der Waals surface area contributed by atoms with Gasteiger partial charge in [-0.3, -0.25) is 4.79 Å². The second kappa shape index (κ2) is 7.46. The van der Waals surface area contributed by atoms with Crippen molar-refractivity contribution in [3.63, 3.8) is 0 Å². The predicted octanol–water partition coefficient (Wildman–Crippen LogP) is 3.13. The zero-order valence-corrected chi connectivity index (χ0v) is 15.8. The summed E-state index contributed by atoms with van der Waals surface area (Å²) in [4.78, 5) is 12.2. The van der Waals surface area contributed by atoms with E-state index in [1.807, 2.05) is 19.1 Å². The van der Waals surface area contributed by atoms with Crippen LogP contribution in [0.4, 0.5) is 0 Å². The highest BCUT2D eigenvalue weighted by Gasteiger charge is 2.43. The average molecular weight is 365 g/mol. The van der Waals surface area contributed by atoms with Crippen LogP contribution in [0.3, 0.4) is 0 Å². The molecule has 1 heterocycles. The summed E-state index contributed by atoms with van der Waals surface area (Å²) in [5.41, 5.74) is 1.02. The number of benzene rings is 1. The van der Waals surface area contributed by atoms with Crippen molar-refractivity contribution in [2.45, 2.75) is 56.4 Å². The lowest BCUT2D eigenvalue weighted by atomic mass is 9.73. The fourth-order valence-corrected chi connectivity index (χ4v) is 5.97. The third-order valence-corrected chi connectivity index (χ3v) is 7.65. The van der Waals surface area contributed by atoms with Gasteiger partial charge in [0.1, 0.15) is 0 Å². The van der Waals surface area contributed by atoms with Gasteiger partial charge in [0, 0.05) is 12.6 Å². The zero-order valence-electron chi connectivity index (χ0n) is 15.0. The zero-order chi connectivity index (χ0) is 18.0. The van der Waals surface area contributed by atoms with Crippen LogP contribution in [-0.2, 0) is 19.6 Å². The summed E-state index contributed by atoms with van der Waals surface area (Å²) in [6.07, 6.45) is 5.48. The number of nitrogens with zero attached hydrogens (tertiary/aromatic N) is 1. The lowest BCUT2D eigenvalue weighted by Crippen LogP contribution is -2.51. The molecule has 5 nitrogen and oxygen atoms in total. The molecule has 0 N–H and O–H groups in total. The van der Waals surface area contributed by atoms with Crippen LogP contribution in [0.2, 0.25) is 0 Å². The number of hydrogen-bond donors (Lipinski definition) is 0. The van der Waals surface area contributed by atoms with Gasteiger partial charge in [-0.15, -0.1) is 0 Å². The highest BCUT2D eigenvalue weighted by atomic mass is 32.2. The molecule has 3 atom stereocenters. The highest BCUT2D eigenvalue weighted by molar-refractivity contribution is 7.89. The number of piperidine rings is 1. The molecule has 0 aromatic heterocycles. The molecular formula is C19H27NO4S. The molecule has 138 valence electrons. The topological polar surface area (TPSA) is 63.7 Å². The Labute approximate surface area is 150 Å². The maximum atomic E-state index is 13.2. The maximum absolute atomic E-state index is 13.2. The van der Waals surface area contributed by atoms with Gasteiger partial charge in [-0.05, 0) is 43.7 Å². The van der Waals surface area contributed by atoms with Crippen molar-refractivity contribution < 1.29 is 17.9 Å². The number of fused-ring (bicyclic) bond motifs is 1. The highest BCUT2D eigenvalue weighted by Crippen LogP contribution is 2.41. The fraction of sp³-hybridized carbons (Fsp3) is 0.632. The average Bonchev–Trinajstić information content (AvgIpc) is 2.61. The molecule has 0 amide bonds. The number of rotatable bonds is 4. The molecule has 3 unspecified atom stereocenters. The minimum Gasteiger partial charge on any atom is -0.469 e. The summed E-state index contributed by atoms with van der Waals surface area (Å²) in [6.45, 7) is 2.45. The van der Waals surface area contributed by atoms with Gasteiger partial charge in [0.25, 0.3) is 0 Å². The Kier molecular flexibility index (Phi) is 5.49. The summed E-state index contributed by atoms with van der Waals surface area (Å²) in [5.74, 6) is 0.583. The van der Waals surface area contributed by atoms with E-state index in [-0.39, 0.29) is 18.4 Å². The number of methoxy groups -OCH3 is 1. The Morgan fingerprint density at radius 2 is 1.80 bits per heavy atom. The van der Waals surface area contributed by atoms with Crippen LogP contribution in [0.25, 0.3) is 0 Å². The van der Waals surface area contributed by atoms with E-state index in [1.165, 1.54) is 20.0 Å². The first-order valence-electron chi connectivity index (χ1n) is 9.07. The normalized spacial score (nSPS) is 27.5. The molecule has 2 aliphatic rings. The first-order chi connectivity index (χ1) is 11.9. The minimum atomic E-state index is -3.61. The van der Waals surface area contributed by atoms with E-state index in [9.17, 15) is 13.2 Å². The Balaban J connectivity index is 1.90. The van der Waals surface area contributed by atoms with E-state index >= 15 is 0 Å². The largest absolute Gasteiger partial charge is 0.469 e. The van der Waals surface area contributed by atoms with Crippen molar-refractivity contribution in [1.29, 1.82) is 0 Å². The summed E-state index contributed by atoms with van der Waals surface area (Å²) < 4.78 is 32.8. The van der Waals surface area contributed by atoms with E-state index in [4.69, 9.17) is 4.74 Å². The first kappa shape index (κ1) is 18.4. The number of esters is 1. The standard InChI is InChI=1S/C19H27NO4S/c1-14-7-9-18(10-8-14)25(22,23)20-13-16-6-4-3-5-15(16)11-17(20)12-19(21)24-2/h7-10,15-17H,3-6,11-13H2,1-2H3. The molecule has 0 spiro atoms. The number of hydrogen-bond acceptors (Lipinski definition) is 4. The van der Waals surface area contributed by atoms with Gasteiger partial charge in [-0.1, -0.05) is 37.0 Å². The van der Waals surface area contributed by atoms with Gasteiger partial charge in [0.05, 0.1) is 18.4 Å². The number of aryl methyl sites for hydroxylation is 1. The SMILES string of the molecule is COC(=O)CC1CC2CCCCC2CN1S(=O)(=O)c1ccc(C)cc1. The molecule has 1 aliphatic heterocycles. The second-order valence-corrected chi connectivity index (χ2v) is 9.25. The van der Waals surface area contributed by atoms with Crippen LogP contribution < -0.4 is 0 Å². The van der Waals surface area contributed by atoms with Crippen LogP contribution in [0.1, 0.15) is 44.1 Å². The van der Waals surface area contributed by atoms with Crippen molar-refractivity contribution in [1.82, 2.24) is 4.31 Å². The number of carbonyl (C=O) groups is 1. The Morgan fingerprint density at radius 3 is 2.44 bits per heavy atom. The molecule has 0 radical (unpaired) electrons. The van der Waals surface area contributed by atoms with Gasteiger partial charge >= 0.3 is 5.97 Å². The minimum absolute atomic E-state index is 0.130. The van der Waals surface area contributed by atoms with E-state index in [0.29, 0.717) is 23.3 Å². The van der Waals surface area contributed by atoms with Crippen molar-refractivity contribution in [2.24, 2.45) is 11.8 Å². The van der Waals surface area contributed by atoms with Crippen molar-refractivity contribution >= 4 is 16.0 Å². The predicted molar refractivity (Wildman–Crippen MR) is 95.6 cm³/mol. The summed E-state index contributed by atoms with van der Waals surface area (Å²) in [5, 5.41) is 0. The Bertz CT molecular complexity index is 713. The van der Waals surface area contributed by atoms with Crippen LogP contribution in [0, 0.1) is 18.8 Å². The van der Waals surface area contributed by atoms with Crippen LogP contribution in [0.15, 0.2) is 29.2 Å². The smallest absolute Gasteiger partial charge is 0.307 e. The number of ether oxygens (including phenoxy) is 1. The third kappa shape index (κ3) is 3.90. The summed E-state index contributed by atoms with van der Waals surface area (Å²) in [6, 6.07) is 6.64. The lowest BCUT2D eigenvalue weighted by molar-refractivity contribution is -0.142. The molecular weight excluding hydrogens is 338 g/mol. The summed E-state index contributed by atoms with van der Waals surface area (Å²) >= 11 is 0. The van der Waals surface area contributed by atoms with Crippen molar-refractivity contribution in [3.8, 4) is 0 Å². The third-order valence-electron chi connectivity index (χ3n) is 5.72. The Hall–Kier alpha value is -1.40.